The van der Waals surface area contributed by atoms with Crippen molar-refractivity contribution in [2.45, 2.75) is 45.5 Å². The summed E-state index contributed by atoms with van der Waals surface area (Å²) >= 11 is 0. The average molecular weight is 222 g/mol. The van der Waals surface area contributed by atoms with Crippen molar-refractivity contribution in [3.63, 3.8) is 0 Å². The first-order chi connectivity index (χ1) is 6.85. The third-order valence-corrected chi connectivity index (χ3v) is 3.43. The van der Waals surface area contributed by atoms with Gasteiger partial charge in [-0.2, -0.15) is 0 Å². The number of carbonyl (C=O) groups is 1. The highest BCUT2D eigenvalue weighted by Gasteiger charge is 2.32. The van der Waals surface area contributed by atoms with Gasteiger partial charge in [-0.3, -0.25) is 4.79 Å². The first-order valence-corrected chi connectivity index (χ1v) is 8.60. The third-order valence-electron chi connectivity index (χ3n) is 2.44. The molecule has 0 saturated heterocycles. The van der Waals surface area contributed by atoms with E-state index < -0.39 is 8.32 Å². The monoisotopic (exact) mass is 222 g/mol. The van der Waals surface area contributed by atoms with Gasteiger partial charge in [-0.25, -0.2) is 0 Å². The van der Waals surface area contributed by atoms with Crippen LogP contribution in [0.3, 0.4) is 0 Å². The van der Waals surface area contributed by atoms with E-state index in [1.54, 1.807) is 0 Å². The van der Waals surface area contributed by atoms with E-state index in [0.717, 1.165) is 11.1 Å². The highest BCUT2D eigenvalue weighted by atomic mass is 28.4. The lowest BCUT2D eigenvalue weighted by atomic mass is 10.1. The molecule has 0 heterocycles. The van der Waals surface area contributed by atoms with Gasteiger partial charge in [0.05, 0.1) is 6.10 Å². The zero-order valence-electron chi connectivity index (χ0n) is 9.89. The van der Waals surface area contributed by atoms with Crippen molar-refractivity contribution in [3.8, 4) is 12.3 Å². The Balaban J connectivity index is 2.82. The Morgan fingerprint density at radius 3 is 2.60 bits per heavy atom. The summed E-state index contributed by atoms with van der Waals surface area (Å²) < 4.78 is 5.95. The number of ketones is 1. The Hall–Kier alpha value is -0.853. The van der Waals surface area contributed by atoms with Gasteiger partial charge in [0.15, 0.2) is 14.1 Å². The Morgan fingerprint density at radius 2 is 2.13 bits per heavy atom. The molecule has 0 unspecified atom stereocenters. The summed E-state index contributed by atoms with van der Waals surface area (Å²) in [5.74, 6) is 2.69. The van der Waals surface area contributed by atoms with Crippen LogP contribution in [0.25, 0.3) is 0 Å². The number of rotatable bonds is 3. The van der Waals surface area contributed by atoms with Gasteiger partial charge in [0, 0.05) is 18.4 Å². The fourth-order valence-corrected chi connectivity index (χ4v) is 2.87. The maximum atomic E-state index is 11.7. The predicted octanol–water partition coefficient (Wildman–Crippen LogP) is 2.52. The maximum absolute atomic E-state index is 11.7. The molecule has 1 aliphatic carbocycles. The molecule has 0 saturated carbocycles. The molecule has 0 aromatic rings. The van der Waals surface area contributed by atoms with Crippen LogP contribution in [0.2, 0.25) is 19.6 Å². The molecule has 82 valence electrons. The van der Waals surface area contributed by atoms with Gasteiger partial charge in [-0.15, -0.1) is 12.3 Å². The average Bonchev–Trinajstić information content (AvgIpc) is 2.30. The van der Waals surface area contributed by atoms with Crippen LogP contribution < -0.4 is 0 Å². The summed E-state index contributed by atoms with van der Waals surface area (Å²) in [6, 6.07) is 0. The molecule has 3 heteroatoms. The van der Waals surface area contributed by atoms with Crippen LogP contribution in [0.1, 0.15) is 19.8 Å². The Morgan fingerprint density at radius 1 is 1.53 bits per heavy atom. The second kappa shape index (κ2) is 4.34. The molecule has 0 bridgehead atoms. The number of hydrogen-bond donors (Lipinski definition) is 0. The van der Waals surface area contributed by atoms with Crippen molar-refractivity contribution < 1.29 is 9.22 Å². The van der Waals surface area contributed by atoms with Crippen molar-refractivity contribution in [1.29, 1.82) is 0 Å². The fourth-order valence-electron chi connectivity index (χ4n) is 1.76. The second-order valence-corrected chi connectivity index (χ2v) is 9.35. The molecule has 0 aromatic heterocycles. The van der Waals surface area contributed by atoms with Crippen molar-refractivity contribution in [3.05, 3.63) is 11.1 Å². The molecular weight excluding hydrogens is 204 g/mol. The quantitative estimate of drug-likeness (QED) is 0.542. The van der Waals surface area contributed by atoms with E-state index in [2.05, 4.69) is 25.6 Å². The van der Waals surface area contributed by atoms with Crippen LogP contribution in [-0.2, 0) is 9.22 Å². The van der Waals surface area contributed by atoms with Gasteiger partial charge in [0.1, 0.15) is 0 Å². The molecule has 0 radical (unpaired) electrons. The SMILES string of the molecule is C#CCC1=C(C)[C@@H](O[Si](C)(C)C)CC1=O. The van der Waals surface area contributed by atoms with Crippen LogP contribution in [0.15, 0.2) is 11.1 Å². The standard InChI is InChI=1S/C12H18O2Si/c1-6-7-10-9(2)12(8-11(10)13)14-15(3,4)5/h1,12H,7-8H2,2-5H3/t12-/m0/s1. The Bertz CT molecular complexity index is 342. The molecule has 1 rings (SSSR count). The van der Waals surface area contributed by atoms with Crippen molar-refractivity contribution in [1.82, 2.24) is 0 Å². The van der Waals surface area contributed by atoms with Crippen molar-refractivity contribution >= 4 is 14.1 Å². The predicted molar refractivity (Wildman–Crippen MR) is 64.0 cm³/mol. The molecule has 0 fully saturated rings. The molecule has 0 aromatic carbocycles. The summed E-state index contributed by atoms with van der Waals surface area (Å²) in [5.41, 5.74) is 1.83. The highest BCUT2D eigenvalue weighted by molar-refractivity contribution is 6.69. The lowest BCUT2D eigenvalue weighted by Gasteiger charge is -2.23. The van der Waals surface area contributed by atoms with Crippen molar-refractivity contribution in [2.75, 3.05) is 0 Å². The van der Waals surface area contributed by atoms with E-state index in [4.69, 9.17) is 10.8 Å². The van der Waals surface area contributed by atoms with E-state index in [-0.39, 0.29) is 11.9 Å². The van der Waals surface area contributed by atoms with Gasteiger partial charge in [-0.1, -0.05) is 0 Å². The van der Waals surface area contributed by atoms with E-state index in [0.29, 0.717) is 12.8 Å². The molecule has 2 nitrogen and oxygen atoms in total. The number of hydrogen-bond acceptors (Lipinski definition) is 2. The molecule has 1 atom stereocenters. The molecule has 15 heavy (non-hydrogen) atoms. The van der Waals surface area contributed by atoms with Crippen molar-refractivity contribution in [2.24, 2.45) is 0 Å². The normalized spacial score (nSPS) is 22.1. The smallest absolute Gasteiger partial charge is 0.184 e. The van der Waals surface area contributed by atoms with Crippen LogP contribution in [-0.4, -0.2) is 20.2 Å². The second-order valence-electron chi connectivity index (χ2n) is 4.89. The van der Waals surface area contributed by atoms with E-state index >= 15 is 0 Å². The summed E-state index contributed by atoms with van der Waals surface area (Å²) in [6.07, 6.45) is 6.14. The van der Waals surface area contributed by atoms with Gasteiger partial charge in [0.25, 0.3) is 0 Å². The van der Waals surface area contributed by atoms with Crippen LogP contribution in [0.4, 0.5) is 0 Å². The first-order valence-electron chi connectivity index (χ1n) is 5.19. The molecule has 0 spiro atoms. The summed E-state index contributed by atoms with van der Waals surface area (Å²) in [6.45, 7) is 8.35. The molecule has 1 aliphatic rings. The van der Waals surface area contributed by atoms with E-state index in [9.17, 15) is 4.79 Å². The number of allylic oxidation sites excluding steroid dienone is 1. The number of terminal acetylenes is 1. The zero-order valence-corrected chi connectivity index (χ0v) is 10.9. The third kappa shape index (κ3) is 3.05. The van der Waals surface area contributed by atoms with Gasteiger partial charge < -0.3 is 4.43 Å². The summed E-state index contributed by atoms with van der Waals surface area (Å²) in [4.78, 5) is 11.7. The number of Topliss-reactive ketones (excluding diaryl/α,β-unsaturated/α-hetero) is 1. The minimum atomic E-state index is -1.58. The van der Waals surface area contributed by atoms with Crippen LogP contribution >= 0.6 is 0 Å². The van der Waals surface area contributed by atoms with Crippen LogP contribution in [0, 0.1) is 12.3 Å². The Kier molecular flexibility index (Phi) is 3.53. The molecule has 0 amide bonds. The summed E-state index contributed by atoms with van der Waals surface area (Å²) in [5, 5.41) is 0. The topological polar surface area (TPSA) is 26.3 Å². The van der Waals surface area contributed by atoms with Gasteiger partial charge in [-0.05, 0) is 32.1 Å². The zero-order chi connectivity index (χ0) is 11.6. The maximum Gasteiger partial charge on any atom is 0.184 e. The first kappa shape index (κ1) is 12.2. The fraction of sp³-hybridized carbons (Fsp3) is 0.583. The lowest BCUT2D eigenvalue weighted by molar-refractivity contribution is -0.115. The lowest BCUT2D eigenvalue weighted by Crippen LogP contribution is -2.31. The summed E-state index contributed by atoms with van der Waals surface area (Å²) in [7, 11) is -1.58. The Labute approximate surface area is 92.8 Å². The van der Waals surface area contributed by atoms with Gasteiger partial charge in [0.2, 0.25) is 0 Å². The molecule has 0 N–H and O–H groups in total. The van der Waals surface area contributed by atoms with Gasteiger partial charge >= 0.3 is 0 Å². The van der Waals surface area contributed by atoms with Crippen LogP contribution in [0.5, 0.6) is 0 Å². The minimum Gasteiger partial charge on any atom is -0.411 e. The van der Waals surface area contributed by atoms with E-state index in [1.807, 2.05) is 6.92 Å². The molecule has 0 aliphatic heterocycles. The largest absolute Gasteiger partial charge is 0.411 e. The number of carbonyl (C=O) groups excluding carboxylic acids is 1. The minimum absolute atomic E-state index is 0.0208. The molecular formula is C12H18O2Si. The highest BCUT2D eigenvalue weighted by Crippen LogP contribution is 2.29. The van der Waals surface area contributed by atoms with E-state index in [1.165, 1.54) is 0 Å².